The minimum Gasteiger partial charge on any atom is -0.283 e. The van der Waals surface area contributed by atoms with Crippen molar-refractivity contribution in [2.24, 2.45) is 5.10 Å². The number of hydrogen-bond donors (Lipinski definition) is 1. The summed E-state index contributed by atoms with van der Waals surface area (Å²) in [5.74, 6) is -0.334. The Labute approximate surface area is 180 Å². The van der Waals surface area contributed by atoms with Crippen molar-refractivity contribution in [2.75, 3.05) is 16.2 Å². The summed E-state index contributed by atoms with van der Waals surface area (Å²) in [4.78, 5) is 10.6. The Hall–Kier alpha value is -2.99. The van der Waals surface area contributed by atoms with Crippen LogP contribution in [0.4, 0.5) is 11.4 Å². The van der Waals surface area contributed by atoms with Crippen molar-refractivity contribution in [2.45, 2.75) is 26.3 Å². The van der Waals surface area contributed by atoms with Crippen molar-refractivity contribution in [1.82, 2.24) is 4.41 Å². The number of non-ortho nitro benzene ring substituents is 1. The third-order valence-corrected chi connectivity index (χ3v) is 7.80. The highest BCUT2D eigenvalue weighted by molar-refractivity contribution is 7.92. The van der Waals surface area contributed by atoms with Gasteiger partial charge in [0.15, 0.2) is 0 Å². The molecule has 0 radical (unpaired) electrons. The van der Waals surface area contributed by atoms with Crippen molar-refractivity contribution in [3.8, 4) is 0 Å². The van der Waals surface area contributed by atoms with Crippen LogP contribution in [0.1, 0.15) is 37.4 Å². The molecule has 3 rings (SSSR count). The van der Waals surface area contributed by atoms with E-state index in [0.29, 0.717) is 16.8 Å². The van der Waals surface area contributed by atoms with E-state index in [-0.39, 0.29) is 29.3 Å². The fourth-order valence-corrected chi connectivity index (χ4v) is 4.93. The van der Waals surface area contributed by atoms with Crippen molar-refractivity contribution in [3.05, 3.63) is 69.8 Å². The molecule has 10 nitrogen and oxygen atoms in total. The Balaban J connectivity index is 2.08. The summed E-state index contributed by atoms with van der Waals surface area (Å²) in [6.07, 6.45) is 0.130. The third kappa shape index (κ3) is 4.85. The van der Waals surface area contributed by atoms with Crippen molar-refractivity contribution < 1.29 is 21.8 Å². The Morgan fingerprint density at radius 1 is 1.10 bits per heavy atom. The Morgan fingerprint density at radius 2 is 1.81 bits per heavy atom. The maximum atomic E-state index is 12.7. The van der Waals surface area contributed by atoms with Crippen LogP contribution in [0.2, 0.25) is 0 Å². The van der Waals surface area contributed by atoms with E-state index in [2.05, 4.69) is 9.82 Å². The second-order valence-corrected chi connectivity index (χ2v) is 11.0. The molecule has 0 saturated carbocycles. The molecule has 1 aliphatic rings. The van der Waals surface area contributed by atoms with E-state index in [4.69, 9.17) is 0 Å². The predicted molar refractivity (Wildman–Crippen MR) is 118 cm³/mol. The van der Waals surface area contributed by atoms with Gasteiger partial charge in [-0.1, -0.05) is 30.3 Å². The molecule has 2 aromatic carbocycles. The molecule has 2 aromatic rings. The topological polar surface area (TPSA) is 139 Å². The van der Waals surface area contributed by atoms with Gasteiger partial charge in [0, 0.05) is 24.1 Å². The van der Waals surface area contributed by atoms with E-state index in [1.807, 2.05) is 0 Å². The Bertz CT molecular complexity index is 1240. The smallest absolute Gasteiger partial charge is 0.269 e. The van der Waals surface area contributed by atoms with Gasteiger partial charge in [-0.15, -0.1) is 0 Å². The highest BCUT2D eigenvalue weighted by Crippen LogP contribution is 2.37. The minimum atomic E-state index is -3.78. The summed E-state index contributed by atoms with van der Waals surface area (Å²) >= 11 is 0. The molecule has 0 bridgehead atoms. The first-order valence-electron chi connectivity index (χ1n) is 9.51. The quantitative estimate of drug-likeness (QED) is 0.469. The van der Waals surface area contributed by atoms with Crippen LogP contribution < -0.4 is 4.72 Å². The summed E-state index contributed by atoms with van der Waals surface area (Å²) < 4.78 is 53.0. The van der Waals surface area contributed by atoms with Gasteiger partial charge in [0.2, 0.25) is 20.0 Å². The number of nitrogens with one attached hydrogen (secondary N) is 1. The second-order valence-electron chi connectivity index (χ2n) is 6.84. The molecule has 0 spiro atoms. The summed E-state index contributed by atoms with van der Waals surface area (Å²) in [6, 6.07) is 11.6. The highest BCUT2D eigenvalue weighted by atomic mass is 32.2. The van der Waals surface area contributed by atoms with Crippen LogP contribution in [0.15, 0.2) is 53.6 Å². The molecule has 0 aromatic heterocycles. The van der Waals surface area contributed by atoms with Crippen LogP contribution >= 0.6 is 0 Å². The third-order valence-electron chi connectivity index (χ3n) is 4.87. The maximum absolute atomic E-state index is 12.7. The zero-order valence-corrected chi connectivity index (χ0v) is 18.6. The number of nitrogens with zero attached hydrogens (tertiary/aromatic N) is 3. The first-order valence-corrected chi connectivity index (χ1v) is 12.8. The van der Waals surface area contributed by atoms with Crippen molar-refractivity contribution in [3.63, 3.8) is 0 Å². The van der Waals surface area contributed by atoms with Gasteiger partial charge >= 0.3 is 0 Å². The number of nitro groups is 1. The number of rotatable bonds is 8. The van der Waals surface area contributed by atoms with Gasteiger partial charge in [-0.25, -0.2) is 16.8 Å². The van der Waals surface area contributed by atoms with Crippen molar-refractivity contribution >= 4 is 37.1 Å². The minimum absolute atomic E-state index is 0.125. The van der Waals surface area contributed by atoms with Crippen molar-refractivity contribution in [1.29, 1.82) is 0 Å². The first-order chi connectivity index (χ1) is 14.6. The van der Waals surface area contributed by atoms with Gasteiger partial charge in [-0.3, -0.25) is 14.8 Å². The van der Waals surface area contributed by atoms with Crippen LogP contribution in [0.5, 0.6) is 0 Å². The van der Waals surface area contributed by atoms with Gasteiger partial charge in [-0.2, -0.15) is 9.52 Å². The van der Waals surface area contributed by atoms with E-state index in [0.717, 1.165) is 4.41 Å². The number of nitro benzene ring substituents is 1. The van der Waals surface area contributed by atoms with Gasteiger partial charge in [0.05, 0.1) is 33.9 Å². The van der Waals surface area contributed by atoms with Gasteiger partial charge in [0.1, 0.15) is 0 Å². The SMILES string of the molecule is CCS(=O)(=O)Nc1ccccc1C1=NN(S(=O)(=O)CC)[C@H](c2cccc([N+](=O)[O-])c2)C1. The lowest BCUT2D eigenvalue weighted by Crippen LogP contribution is -2.28. The lowest BCUT2D eigenvalue weighted by molar-refractivity contribution is -0.384. The van der Waals surface area contributed by atoms with Gasteiger partial charge in [0.25, 0.3) is 5.69 Å². The molecule has 1 atom stereocenters. The summed E-state index contributed by atoms with van der Waals surface area (Å²) in [7, 11) is -7.35. The van der Waals surface area contributed by atoms with Gasteiger partial charge in [-0.05, 0) is 25.5 Å². The normalized spacial score (nSPS) is 16.8. The van der Waals surface area contributed by atoms with Crippen LogP contribution in [0.25, 0.3) is 0 Å². The van der Waals surface area contributed by atoms with Gasteiger partial charge < -0.3 is 0 Å². The lowest BCUT2D eigenvalue weighted by Gasteiger charge is -2.22. The number of hydrazone groups is 1. The van der Waals surface area contributed by atoms with Crippen LogP contribution in [-0.2, 0) is 20.0 Å². The largest absolute Gasteiger partial charge is 0.283 e. The maximum Gasteiger partial charge on any atom is 0.269 e. The summed E-state index contributed by atoms with van der Waals surface area (Å²) in [5.41, 5.74) is 1.37. The number of anilines is 1. The fraction of sp³-hybridized carbons (Fsp3) is 0.316. The Morgan fingerprint density at radius 3 is 2.45 bits per heavy atom. The molecule has 0 amide bonds. The standard InChI is InChI=1S/C19H22N4O6S2/c1-3-30(26,27)21-17-11-6-5-10-16(17)18-13-19(22(20-18)31(28,29)4-2)14-8-7-9-15(12-14)23(24)25/h5-12,19,21H,3-4,13H2,1-2H3/t19-/m0/s1. The monoisotopic (exact) mass is 466 g/mol. The van der Waals surface area contributed by atoms with Crippen LogP contribution in [-0.4, -0.2) is 43.4 Å². The summed E-state index contributed by atoms with van der Waals surface area (Å²) in [5, 5.41) is 15.5. The predicted octanol–water partition coefficient (Wildman–Crippen LogP) is 2.86. The first kappa shape index (κ1) is 22.7. The number of benzene rings is 2. The molecule has 31 heavy (non-hydrogen) atoms. The number of sulfonamides is 2. The Kier molecular flexibility index (Phi) is 6.32. The highest BCUT2D eigenvalue weighted by Gasteiger charge is 2.37. The molecule has 1 heterocycles. The number of hydrogen-bond acceptors (Lipinski definition) is 7. The lowest BCUT2D eigenvalue weighted by atomic mass is 9.98. The molecule has 166 valence electrons. The molecule has 1 aliphatic heterocycles. The van der Waals surface area contributed by atoms with Crippen LogP contribution in [0.3, 0.4) is 0 Å². The molecular formula is C19H22N4O6S2. The molecule has 0 fully saturated rings. The van der Waals surface area contributed by atoms with E-state index in [1.165, 1.54) is 32.0 Å². The zero-order valence-electron chi connectivity index (χ0n) is 16.9. The number of para-hydroxylation sites is 1. The summed E-state index contributed by atoms with van der Waals surface area (Å²) in [6.45, 7) is 2.99. The van der Waals surface area contributed by atoms with E-state index >= 15 is 0 Å². The second kappa shape index (κ2) is 8.63. The molecule has 0 aliphatic carbocycles. The molecule has 0 unspecified atom stereocenters. The molecule has 0 saturated heterocycles. The molecular weight excluding hydrogens is 444 g/mol. The van der Waals surface area contributed by atoms with E-state index < -0.39 is 31.0 Å². The van der Waals surface area contributed by atoms with E-state index in [9.17, 15) is 26.9 Å². The molecule has 1 N–H and O–H groups in total. The molecule has 12 heteroatoms. The average molecular weight is 467 g/mol. The zero-order chi connectivity index (χ0) is 22.8. The average Bonchev–Trinajstić information content (AvgIpc) is 3.20. The van der Waals surface area contributed by atoms with Crippen LogP contribution in [0, 0.1) is 10.1 Å². The van der Waals surface area contributed by atoms with E-state index in [1.54, 1.807) is 30.3 Å². The fourth-order valence-electron chi connectivity index (χ4n) is 3.20.